The molecule has 200 valence electrons. The third-order valence-corrected chi connectivity index (χ3v) is 10.4. The summed E-state index contributed by atoms with van der Waals surface area (Å²) in [6.07, 6.45) is 1.85. The van der Waals surface area contributed by atoms with Crippen molar-refractivity contribution in [2.75, 3.05) is 11.4 Å². The summed E-state index contributed by atoms with van der Waals surface area (Å²) in [5.74, 6) is -0.589. The van der Waals surface area contributed by atoms with Crippen LogP contribution in [0.15, 0.2) is 115 Å². The Morgan fingerprint density at radius 2 is 1.60 bits per heavy atom. The summed E-state index contributed by atoms with van der Waals surface area (Å²) in [4.78, 5) is 31.9. The molecule has 4 aromatic rings. The van der Waals surface area contributed by atoms with Crippen molar-refractivity contribution < 1.29 is 9.59 Å². The first-order valence-electron chi connectivity index (χ1n) is 12.2. The lowest BCUT2D eigenvalue weighted by Gasteiger charge is -2.33. The van der Waals surface area contributed by atoms with E-state index in [0.717, 1.165) is 41.2 Å². The predicted molar refractivity (Wildman–Crippen MR) is 171 cm³/mol. The van der Waals surface area contributed by atoms with Gasteiger partial charge in [-0.05, 0) is 54.1 Å². The maximum absolute atomic E-state index is 13.7. The fraction of sp³-hybridized carbons (Fsp3) is 0.0667. The monoisotopic (exact) mass is 711 g/mol. The molecule has 1 atom stereocenters. The molecule has 1 fully saturated rings. The minimum absolute atomic E-state index is 0.00528. The molecule has 2 amide bonds. The van der Waals surface area contributed by atoms with Crippen LogP contribution in [0, 0.1) is 0 Å². The molecule has 0 saturated carbocycles. The summed E-state index contributed by atoms with van der Waals surface area (Å²) in [6.45, 7) is 0.00528. The van der Waals surface area contributed by atoms with Crippen molar-refractivity contribution in [1.82, 2.24) is 10.4 Å². The normalized spacial score (nSPS) is 17.1. The zero-order valence-electron chi connectivity index (χ0n) is 20.7. The van der Waals surface area contributed by atoms with Crippen LogP contribution >= 0.6 is 67.0 Å². The van der Waals surface area contributed by atoms with Crippen molar-refractivity contribution >= 4 is 96.2 Å². The second-order valence-corrected chi connectivity index (χ2v) is 13.4. The highest BCUT2D eigenvalue weighted by molar-refractivity contribution is 9.10. The van der Waals surface area contributed by atoms with E-state index < -0.39 is 5.37 Å². The van der Waals surface area contributed by atoms with Crippen LogP contribution < -0.4 is 10.3 Å². The van der Waals surface area contributed by atoms with Gasteiger partial charge in [0.25, 0.3) is 11.8 Å². The fourth-order valence-corrected chi connectivity index (χ4v) is 8.07. The average Bonchev–Trinajstić information content (AvgIpc) is 3.24. The predicted octanol–water partition coefficient (Wildman–Crippen LogP) is 8.81. The smallest absolute Gasteiger partial charge is 0.280 e. The molecule has 2 heterocycles. The Labute approximate surface area is 262 Å². The van der Waals surface area contributed by atoms with E-state index in [1.54, 1.807) is 11.8 Å². The molecule has 4 aromatic carbocycles. The van der Waals surface area contributed by atoms with E-state index in [4.69, 9.17) is 11.6 Å². The molecule has 0 bridgehead atoms. The van der Waals surface area contributed by atoms with Gasteiger partial charge in [-0.15, -0.1) is 0 Å². The Kier molecular flexibility index (Phi) is 8.01. The lowest BCUT2D eigenvalue weighted by Crippen LogP contribution is -2.48. The molecule has 10 heteroatoms. The molecular formula is C30H20Br2ClN3O2S2. The summed E-state index contributed by atoms with van der Waals surface area (Å²) >= 11 is 16.6. The first-order chi connectivity index (χ1) is 19.4. The Bertz CT molecular complexity index is 1680. The molecule has 0 radical (unpaired) electrons. The van der Waals surface area contributed by atoms with E-state index in [2.05, 4.69) is 37.3 Å². The quantitative estimate of drug-likeness (QED) is 0.210. The molecule has 6 rings (SSSR count). The minimum atomic E-state index is -0.452. The van der Waals surface area contributed by atoms with Gasteiger partial charge in [0.1, 0.15) is 11.9 Å². The summed E-state index contributed by atoms with van der Waals surface area (Å²) < 4.78 is 1.74. The Hall–Kier alpha value is -2.69. The number of hydrazine groups is 1. The van der Waals surface area contributed by atoms with Gasteiger partial charge in [-0.25, -0.2) is 5.01 Å². The number of rotatable bonds is 5. The molecule has 1 saturated heterocycles. The number of anilines is 2. The Balaban J connectivity index is 1.32. The van der Waals surface area contributed by atoms with E-state index in [1.165, 1.54) is 16.8 Å². The van der Waals surface area contributed by atoms with Crippen molar-refractivity contribution in [1.29, 1.82) is 0 Å². The number of carbonyl (C=O) groups excluding carboxylic acids is 2. The minimum Gasteiger partial charge on any atom is -0.330 e. The highest BCUT2D eigenvalue weighted by Gasteiger charge is 2.40. The standard InChI is InChI=1S/C30H20Br2ClN3O2S2/c31-21-9-3-1-7-18(21)15-27-29(38)36(30(40-27)20-8-2-4-10-22(20)32)34-28(37)17-35-23-11-5-6-12-25(23)39-26-14-13-19(33)16-24(26)35/h1-16,30H,17H2,(H,34,37)/b27-15-. The second kappa shape index (κ2) is 11.7. The first kappa shape index (κ1) is 27.5. The van der Waals surface area contributed by atoms with Gasteiger partial charge >= 0.3 is 0 Å². The van der Waals surface area contributed by atoms with Crippen molar-refractivity contribution in [3.63, 3.8) is 0 Å². The molecule has 2 aliphatic heterocycles. The Morgan fingerprint density at radius 1 is 0.900 bits per heavy atom. The number of para-hydroxylation sites is 1. The third kappa shape index (κ3) is 5.45. The van der Waals surface area contributed by atoms with E-state index in [-0.39, 0.29) is 18.4 Å². The number of amides is 2. The van der Waals surface area contributed by atoms with E-state index in [1.807, 2.05) is 102 Å². The molecule has 1 N–H and O–H groups in total. The second-order valence-electron chi connectivity index (χ2n) is 9.00. The third-order valence-electron chi connectivity index (χ3n) is 6.40. The average molecular weight is 714 g/mol. The number of benzene rings is 4. The van der Waals surface area contributed by atoms with E-state index in [0.29, 0.717) is 9.93 Å². The van der Waals surface area contributed by atoms with Crippen LogP contribution in [-0.2, 0) is 9.59 Å². The summed E-state index contributed by atoms with van der Waals surface area (Å²) in [5, 5.41) is 1.57. The van der Waals surface area contributed by atoms with Crippen molar-refractivity contribution in [3.8, 4) is 0 Å². The van der Waals surface area contributed by atoms with Gasteiger partial charge in [-0.1, -0.05) is 116 Å². The number of fused-ring (bicyclic) bond motifs is 2. The van der Waals surface area contributed by atoms with Crippen molar-refractivity contribution in [2.24, 2.45) is 0 Å². The SMILES string of the molecule is O=C(CN1c2ccccc2Sc2ccc(Cl)cc21)NN1C(=O)/C(=C/c2ccccc2Br)SC1c1ccccc1Br. The molecule has 1 unspecified atom stereocenters. The molecule has 2 aliphatic rings. The van der Waals surface area contributed by atoms with Gasteiger partial charge in [0.05, 0.1) is 16.3 Å². The number of hydrogen-bond acceptors (Lipinski definition) is 5. The highest BCUT2D eigenvalue weighted by atomic mass is 79.9. The Morgan fingerprint density at radius 3 is 2.40 bits per heavy atom. The van der Waals surface area contributed by atoms with Crippen LogP contribution in [0.2, 0.25) is 5.02 Å². The summed E-state index contributed by atoms with van der Waals surface area (Å²) in [7, 11) is 0. The molecule has 5 nitrogen and oxygen atoms in total. The van der Waals surface area contributed by atoms with Gasteiger partial charge in [-0.2, -0.15) is 0 Å². The zero-order valence-corrected chi connectivity index (χ0v) is 26.2. The van der Waals surface area contributed by atoms with Gasteiger partial charge in [0.15, 0.2) is 0 Å². The largest absolute Gasteiger partial charge is 0.330 e. The van der Waals surface area contributed by atoms with Crippen LogP contribution in [0.3, 0.4) is 0 Å². The van der Waals surface area contributed by atoms with E-state index in [9.17, 15) is 9.59 Å². The van der Waals surface area contributed by atoms with Crippen LogP contribution in [0.5, 0.6) is 0 Å². The summed E-state index contributed by atoms with van der Waals surface area (Å²) in [5.41, 5.74) is 6.46. The lowest BCUT2D eigenvalue weighted by atomic mass is 10.2. The van der Waals surface area contributed by atoms with Gasteiger partial charge in [-0.3, -0.25) is 15.0 Å². The molecule has 0 aliphatic carbocycles. The lowest BCUT2D eigenvalue weighted by molar-refractivity contribution is -0.137. The number of halogens is 3. The summed E-state index contributed by atoms with van der Waals surface area (Å²) in [6, 6.07) is 29.1. The van der Waals surface area contributed by atoms with Gasteiger partial charge in [0.2, 0.25) is 0 Å². The molecule has 0 spiro atoms. The maximum Gasteiger partial charge on any atom is 0.280 e. The molecule has 40 heavy (non-hydrogen) atoms. The molecule has 0 aromatic heterocycles. The number of nitrogens with one attached hydrogen (secondary N) is 1. The topological polar surface area (TPSA) is 52.7 Å². The van der Waals surface area contributed by atoms with Crippen LogP contribution in [0.1, 0.15) is 16.5 Å². The van der Waals surface area contributed by atoms with E-state index >= 15 is 0 Å². The highest BCUT2D eigenvalue weighted by Crippen LogP contribution is 2.49. The number of hydrogen-bond donors (Lipinski definition) is 1. The maximum atomic E-state index is 13.7. The first-order valence-corrected chi connectivity index (χ1v) is 15.9. The van der Waals surface area contributed by atoms with Crippen LogP contribution in [0.4, 0.5) is 11.4 Å². The fourth-order valence-electron chi connectivity index (χ4n) is 4.55. The van der Waals surface area contributed by atoms with Crippen molar-refractivity contribution in [2.45, 2.75) is 15.2 Å². The zero-order chi connectivity index (χ0) is 27.8. The number of carbonyl (C=O) groups is 2. The van der Waals surface area contributed by atoms with Crippen molar-refractivity contribution in [3.05, 3.63) is 121 Å². The number of nitrogens with zero attached hydrogens (tertiary/aromatic N) is 2. The van der Waals surface area contributed by atoms with Crippen LogP contribution in [-0.4, -0.2) is 23.4 Å². The molecular weight excluding hydrogens is 694 g/mol. The van der Waals surface area contributed by atoms with Gasteiger partial charge in [0, 0.05) is 29.3 Å². The van der Waals surface area contributed by atoms with Crippen LogP contribution in [0.25, 0.3) is 6.08 Å². The number of thioether (sulfide) groups is 1. The van der Waals surface area contributed by atoms with Gasteiger partial charge < -0.3 is 4.90 Å².